The lowest BCUT2D eigenvalue weighted by Crippen LogP contribution is -2.21. The summed E-state index contributed by atoms with van der Waals surface area (Å²) in [6.07, 6.45) is 0. The summed E-state index contributed by atoms with van der Waals surface area (Å²) in [7, 11) is -2.31. The summed E-state index contributed by atoms with van der Waals surface area (Å²) in [4.78, 5) is 11.0. The molecular formula is C10H10ClN3O4S3. The molecule has 0 bridgehead atoms. The first-order valence-electron chi connectivity index (χ1n) is 5.53. The minimum absolute atomic E-state index is 0.0836. The van der Waals surface area contributed by atoms with Gasteiger partial charge < -0.3 is 5.32 Å². The fourth-order valence-corrected chi connectivity index (χ4v) is 4.94. The molecule has 2 N–H and O–H groups in total. The standard InChI is InChI=1S/C10H10ClN3O4S3/c1-12-10-7(14(15)16)4-9(20-10)21(17,18)13-5-6-2-3-8(11)19-6/h2-4,12-13H,5H2,1H3. The molecule has 2 aromatic rings. The SMILES string of the molecule is CNc1sc(S(=O)(=O)NCc2ccc(Cl)s2)cc1[N+](=O)[O-]. The minimum atomic E-state index is -3.81. The molecule has 0 aromatic carbocycles. The van der Waals surface area contributed by atoms with Crippen LogP contribution < -0.4 is 10.0 Å². The molecule has 2 heterocycles. The van der Waals surface area contributed by atoms with Crippen LogP contribution in [0.3, 0.4) is 0 Å². The number of thiophene rings is 2. The third-order valence-corrected chi connectivity index (χ3v) is 6.69. The van der Waals surface area contributed by atoms with E-state index >= 15 is 0 Å². The summed E-state index contributed by atoms with van der Waals surface area (Å²) in [5.41, 5.74) is -0.262. The Morgan fingerprint density at radius 1 is 1.38 bits per heavy atom. The first-order chi connectivity index (χ1) is 9.83. The first-order valence-corrected chi connectivity index (χ1v) is 9.03. The van der Waals surface area contributed by atoms with Crippen molar-refractivity contribution in [2.75, 3.05) is 12.4 Å². The van der Waals surface area contributed by atoms with Crippen LogP contribution in [-0.4, -0.2) is 20.4 Å². The average molecular weight is 368 g/mol. The Labute approximate surface area is 133 Å². The third-order valence-electron chi connectivity index (χ3n) is 2.44. The maximum Gasteiger partial charge on any atom is 0.304 e. The molecule has 0 unspecified atom stereocenters. The Kier molecular flexibility index (Phi) is 4.84. The van der Waals surface area contributed by atoms with Crippen molar-refractivity contribution in [1.29, 1.82) is 0 Å². The van der Waals surface area contributed by atoms with E-state index in [0.717, 1.165) is 22.3 Å². The van der Waals surface area contributed by atoms with Crippen molar-refractivity contribution >= 4 is 55.0 Å². The molecule has 0 aliphatic rings. The number of sulfonamides is 1. The van der Waals surface area contributed by atoms with Crippen LogP contribution in [0.1, 0.15) is 4.88 Å². The van der Waals surface area contributed by atoms with Gasteiger partial charge in [-0.25, -0.2) is 13.1 Å². The maximum absolute atomic E-state index is 12.1. The Bertz CT molecular complexity index is 768. The fourth-order valence-electron chi connectivity index (χ4n) is 1.49. The van der Waals surface area contributed by atoms with Crippen molar-refractivity contribution in [2.24, 2.45) is 0 Å². The molecule has 21 heavy (non-hydrogen) atoms. The number of hydrogen-bond acceptors (Lipinski definition) is 7. The van der Waals surface area contributed by atoms with Crippen molar-refractivity contribution in [3.8, 4) is 0 Å². The van der Waals surface area contributed by atoms with Crippen LogP contribution in [0.25, 0.3) is 0 Å². The first kappa shape index (κ1) is 16.2. The second kappa shape index (κ2) is 6.28. The highest BCUT2D eigenvalue weighted by molar-refractivity contribution is 7.91. The van der Waals surface area contributed by atoms with E-state index in [9.17, 15) is 18.5 Å². The van der Waals surface area contributed by atoms with Gasteiger partial charge in [0.1, 0.15) is 4.21 Å². The number of rotatable bonds is 6. The molecule has 0 fully saturated rings. The summed E-state index contributed by atoms with van der Waals surface area (Å²) >= 11 is 7.84. The van der Waals surface area contributed by atoms with Crippen LogP contribution in [0.4, 0.5) is 10.7 Å². The van der Waals surface area contributed by atoms with Gasteiger partial charge in [0.2, 0.25) is 0 Å². The Hall–Kier alpha value is -1.20. The van der Waals surface area contributed by atoms with Gasteiger partial charge in [-0.2, -0.15) is 0 Å². The number of nitro groups is 1. The second-order valence-corrected chi connectivity index (χ2v) is 8.66. The highest BCUT2D eigenvalue weighted by Crippen LogP contribution is 2.36. The molecule has 0 atom stereocenters. The molecule has 7 nitrogen and oxygen atoms in total. The van der Waals surface area contributed by atoms with E-state index in [1.165, 1.54) is 18.4 Å². The summed E-state index contributed by atoms with van der Waals surface area (Å²) in [6, 6.07) is 4.43. The summed E-state index contributed by atoms with van der Waals surface area (Å²) in [5, 5.41) is 13.7. The number of hydrogen-bond donors (Lipinski definition) is 2. The van der Waals surface area contributed by atoms with Crippen molar-refractivity contribution in [2.45, 2.75) is 10.8 Å². The van der Waals surface area contributed by atoms with Crippen LogP contribution >= 0.6 is 34.3 Å². The van der Waals surface area contributed by atoms with E-state index < -0.39 is 14.9 Å². The number of halogens is 1. The molecule has 0 saturated heterocycles. The highest BCUT2D eigenvalue weighted by Gasteiger charge is 2.25. The van der Waals surface area contributed by atoms with Crippen molar-refractivity contribution in [3.63, 3.8) is 0 Å². The third kappa shape index (κ3) is 3.71. The molecule has 0 amide bonds. The zero-order chi connectivity index (χ0) is 15.6. The quantitative estimate of drug-likeness (QED) is 0.603. The lowest BCUT2D eigenvalue weighted by molar-refractivity contribution is -0.383. The number of nitrogens with one attached hydrogen (secondary N) is 2. The molecule has 0 spiro atoms. The van der Waals surface area contributed by atoms with E-state index in [4.69, 9.17) is 11.6 Å². The predicted molar refractivity (Wildman–Crippen MR) is 83.9 cm³/mol. The van der Waals surface area contributed by atoms with Gasteiger partial charge in [0, 0.05) is 24.5 Å². The van der Waals surface area contributed by atoms with Gasteiger partial charge in [-0.1, -0.05) is 22.9 Å². The van der Waals surface area contributed by atoms with Crippen molar-refractivity contribution in [1.82, 2.24) is 4.72 Å². The minimum Gasteiger partial charge on any atom is -0.374 e. The van der Waals surface area contributed by atoms with Crippen LogP contribution in [0.2, 0.25) is 4.34 Å². The molecule has 0 saturated carbocycles. The molecule has 2 rings (SSSR count). The largest absolute Gasteiger partial charge is 0.374 e. The topological polar surface area (TPSA) is 101 Å². The highest BCUT2D eigenvalue weighted by atomic mass is 35.5. The van der Waals surface area contributed by atoms with Gasteiger partial charge in [0.05, 0.1) is 9.26 Å². The van der Waals surface area contributed by atoms with Gasteiger partial charge in [-0.05, 0) is 12.1 Å². The van der Waals surface area contributed by atoms with Gasteiger partial charge in [0.15, 0.2) is 5.00 Å². The predicted octanol–water partition coefficient (Wildman–Crippen LogP) is 2.89. The summed E-state index contributed by atoms with van der Waals surface area (Å²) in [5.74, 6) is 0. The maximum atomic E-state index is 12.1. The average Bonchev–Trinajstić information content (AvgIpc) is 3.02. The van der Waals surface area contributed by atoms with Gasteiger partial charge in [-0.15, -0.1) is 11.3 Å². The van der Waals surface area contributed by atoms with E-state index in [1.807, 2.05) is 0 Å². The summed E-state index contributed by atoms with van der Waals surface area (Å²) in [6.45, 7) is 0.0836. The number of nitrogens with zero attached hydrogens (tertiary/aromatic N) is 1. The zero-order valence-electron chi connectivity index (χ0n) is 10.6. The Morgan fingerprint density at radius 3 is 2.57 bits per heavy atom. The lowest BCUT2D eigenvalue weighted by Gasteiger charge is -2.02. The van der Waals surface area contributed by atoms with E-state index in [2.05, 4.69) is 10.0 Å². The van der Waals surface area contributed by atoms with Crippen LogP contribution in [0, 0.1) is 10.1 Å². The molecule has 11 heteroatoms. The Balaban J connectivity index is 2.21. The zero-order valence-corrected chi connectivity index (χ0v) is 13.8. The molecule has 0 aliphatic carbocycles. The molecule has 0 radical (unpaired) electrons. The van der Waals surface area contributed by atoms with E-state index in [-0.39, 0.29) is 21.4 Å². The van der Waals surface area contributed by atoms with E-state index in [1.54, 1.807) is 12.1 Å². The Morgan fingerprint density at radius 2 is 2.10 bits per heavy atom. The second-order valence-electron chi connectivity index (χ2n) is 3.82. The molecule has 2 aromatic heterocycles. The van der Waals surface area contributed by atoms with Crippen LogP contribution in [0.15, 0.2) is 22.4 Å². The van der Waals surface area contributed by atoms with Crippen LogP contribution in [-0.2, 0) is 16.6 Å². The van der Waals surface area contributed by atoms with Gasteiger partial charge in [-0.3, -0.25) is 10.1 Å². The summed E-state index contributed by atoms with van der Waals surface area (Å²) < 4.78 is 27.1. The fraction of sp³-hybridized carbons (Fsp3) is 0.200. The monoisotopic (exact) mass is 367 g/mol. The van der Waals surface area contributed by atoms with Gasteiger partial charge >= 0.3 is 5.69 Å². The van der Waals surface area contributed by atoms with Crippen LogP contribution in [0.5, 0.6) is 0 Å². The molecular weight excluding hydrogens is 358 g/mol. The lowest BCUT2D eigenvalue weighted by atomic mass is 10.5. The molecule has 114 valence electrons. The molecule has 0 aliphatic heterocycles. The number of anilines is 1. The smallest absolute Gasteiger partial charge is 0.304 e. The van der Waals surface area contributed by atoms with E-state index in [0.29, 0.717) is 4.34 Å². The van der Waals surface area contributed by atoms with Gasteiger partial charge in [0.25, 0.3) is 10.0 Å². The van der Waals surface area contributed by atoms with Crippen molar-refractivity contribution in [3.05, 3.63) is 37.5 Å². The normalized spacial score (nSPS) is 11.5. The van der Waals surface area contributed by atoms with Crippen molar-refractivity contribution < 1.29 is 13.3 Å².